The van der Waals surface area contributed by atoms with Crippen molar-refractivity contribution in [3.63, 3.8) is 0 Å². The number of carbonyl (C=O) groups is 2. The number of aromatic nitrogens is 2. The maximum absolute atomic E-state index is 12.9. The molecule has 0 radical (unpaired) electrons. The highest BCUT2D eigenvalue weighted by atomic mass is 19.4. The van der Waals surface area contributed by atoms with E-state index < -0.39 is 41.2 Å². The summed E-state index contributed by atoms with van der Waals surface area (Å²) in [4.78, 5) is 20.1. The van der Waals surface area contributed by atoms with Crippen LogP contribution in [0.5, 0.6) is 0 Å². The lowest BCUT2D eigenvalue weighted by atomic mass is 10.0. The first-order valence-electron chi connectivity index (χ1n) is 7.15. The highest BCUT2D eigenvalue weighted by Gasteiger charge is 2.35. The molecule has 0 aliphatic rings. The van der Waals surface area contributed by atoms with Crippen LogP contribution in [0.25, 0.3) is 0 Å². The van der Waals surface area contributed by atoms with Crippen molar-refractivity contribution in [2.45, 2.75) is 25.2 Å². The third-order valence-electron chi connectivity index (χ3n) is 3.26. The number of rotatable bonds is 4. The Kier molecular flexibility index (Phi) is 6.79. The lowest BCUT2D eigenvalue weighted by molar-refractivity contribution is -0.138. The Morgan fingerprint density at radius 3 is 2.52 bits per heavy atom. The van der Waals surface area contributed by atoms with Gasteiger partial charge in [-0.2, -0.15) is 23.5 Å². The smallest absolute Gasteiger partial charge is 0.378 e. The number of aliphatic hydroxyl groups is 1. The van der Waals surface area contributed by atoms with E-state index in [-0.39, 0.29) is 5.69 Å². The molecule has 0 spiro atoms. The van der Waals surface area contributed by atoms with Gasteiger partial charge in [0.1, 0.15) is 6.79 Å². The number of nitrogens with one attached hydrogen (secondary N) is 1. The Morgan fingerprint density at radius 1 is 1.41 bits per heavy atom. The second-order valence-corrected chi connectivity index (χ2v) is 5.45. The standard InChI is InChI=1S/C15H12F4N4O2.CH2O/c1-14(25,8-23-7-10(16)6-21-23)13(24)22-11-3-2-9(5-20)12(4-11)15(17,18)19;1-2/h2-4,6-7,25H,8H2,1H3,(H,22,24);1H2/t14-;/m0./s1. The molecule has 0 aliphatic carbocycles. The molecule has 1 aromatic carbocycles. The van der Waals surface area contributed by atoms with Crippen LogP contribution < -0.4 is 5.32 Å². The van der Waals surface area contributed by atoms with Crippen molar-refractivity contribution in [1.29, 1.82) is 5.26 Å². The molecular weight excluding hydrogens is 372 g/mol. The number of nitrogens with zero attached hydrogens (tertiary/aromatic N) is 3. The summed E-state index contributed by atoms with van der Waals surface area (Å²) in [6.07, 6.45) is -2.95. The van der Waals surface area contributed by atoms with Gasteiger partial charge in [0.05, 0.1) is 36.1 Å². The molecule has 27 heavy (non-hydrogen) atoms. The van der Waals surface area contributed by atoms with Crippen molar-refractivity contribution in [1.82, 2.24) is 9.78 Å². The van der Waals surface area contributed by atoms with Gasteiger partial charge >= 0.3 is 6.18 Å². The minimum absolute atomic E-state index is 0.247. The number of carbonyl (C=O) groups excluding carboxylic acids is 2. The molecular formula is C16H14F4N4O3. The van der Waals surface area contributed by atoms with E-state index in [0.717, 1.165) is 36.1 Å². The SMILES string of the molecule is C=O.C[C@](O)(Cn1cc(F)cn1)C(=O)Nc1ccc(C#N)c(C(F)(F)F)c1. The Hall–Kier alpha value is -3.26. The van der Waals surface area contributed by atoms with E-state index in [0.29, 0.717) is 6.07 Å². The summed E-state index contributed by atoms with van der Waals surface area (Å²) in [5, 5.41) is 24.6. The maximum Gasteiger partial charge on any atom is 0.417 e. The summed E-state index contributed by atoms with van der Waals surface area (Å²) in [6.45, 7) is 2.70. The number of amides is 1. The van der Waals surface area contributed by atoms with E-state index >= 15 is 0 Å². The molecule has 1 heterocycles. The number of benzene rings is 1. The van der Waals surface area contributed by atoms with Crippen molar-refractivity contribution >= 4 is 18.4 Å². The molecule has 144 valence electrons. The summed E-state index contributed by atoms with van der Waals surface area (Å²) < 4.78 is 52.6. The molecule has 0 unspecified atom stereocenters. The molecule has 0 fully saturated rings. The first-order chi connectivity index (χ1) is 12.5. The van der Waals surface area contributed by atoms with Crippen molar-refractivity contribution < 1.29 is 32.3 Å². The number of nitriles is 1. The van der Waals surface area contributed by atoms with E-state index in [1.807, 2.05) is 6.79 Å². The molecule has 0 saturated heterocycles. The number of hydrogen-bond donors (Lipinski definition) is 2. The monoisotopic (exact) mass is 386 g/mol. The van der Waals surface area contributed by atoms with E-state index in [4.69, 9.17) is 10.1 Å². The van der Waals surface area contributed by atoms with Crippen LogP contribution in [0, 0.1) is 17.1 Å². The van der Waals surface area contributed by atoms with Crippen LogP contribution in [0.1, 0.15) is 18.1 Å². The fourth-order valence-corrected chi connectivity index (χ4v) is 2.03. The van der Waals surface area contributed by atoms with Gasteiger partial charge in [0, 0.05) is 5.69 Å². The maximum atomic E-state index is 12.9. The van der Waals surface area contributed by atoms with Crippen LogP contribution in [0.2, 0.25) is 0 Å². The third-order valence-corrected chi connectivity index (χ3v) is 3.26. The topological polar surface area (TPSA) is 108 Å². The molecule has 0 bridgehead atoms. The minimum Gasteiger partial charge on any atom is -0.378 e. The van der Waals surface area contributed by atoms with Crippen LogP contribution in [0.4, 0.5) is 23.2 Å². The zero-order valence-electron chi connectivity index (χ0n) is 13.9. The normalized spacial score (nSPS) is 12.9. The van der Waals surface area contributed by atoms with Crippen molar-refractivity contribution in [3.8, 4) is 6.07 Å². The van der Waals surface area contributed by atoms with Crippen LogP contribution in [-0.4, -0.2) is 33.2 Å². The zero-order chi connectivity index (χ0) is 20.8. The Morgan fingerprint density at radius 2 is 2.04 bits per heavy atom. The largest absolute Gasteiger partial charge is 0.417 e. The Balaban J connectivity index is 0.00000176. The molecule has 2 rings (SSSR count). The van der Waals surface area contributed by atoms with Gasteiger partial charge in [0.2, 0.25) is 0 Å². The van der Waals surface area contributed by atoms with E-state index in [9.17, 15) is 27.5 Å². The van der Waals surface area contributed by atoms with Gasteiger partial charge in [-0.05, 0) is 25.1 Å². The predicted octanol–water partition coefficient (Wildman–Crippen LogP) is 2.12. The lowest BCUT2D eigenvalue weighted by Crippen LogP contribution is -2.43. The van der Waals surface area contributed by atoms with Crippen molar-refractivity contribution in [3.05, 3.63) is 47.5 Å². The van der Waals surface area contributed by atoms with Crippen LogP contribution in [0.3, 0.4) is 0 Å². The average Bonchev–Trinajstić information content (AvgIpc) is 3.00. The molecule has 1 amide bonds. The van der Waals surface area contributed by atoms with Gasteiger partial charge in [-0.1, -0.05) is 0 Å². The first-order valence-corrected chi connectivity index (χ1v) is 7.15. The lowest BCUT2D eigenvalue weighted by Gasteiger charge is -2.22. The number of hydrogen-bond acceptors (Lipinski definition) is 5. The fourth-order valence-electron chi connectivity index (χ4n) is 2.03. The van der Waals surface area contributed by atoms with Crippen molar-refractivity contribution in [2.75, 3.05) is 5.32 Å². The van der Waals surface area contributed by atoms with Crippen molar-refractivity contribution in [2.24, 2.45) is 0 Å². The van der Waals surface area contributed by atoms with E-state index in [2.05, 4.69) is 10.4 Å². The van der Waals surface area contributed by atoms with Gasteiger partial charge < -0.3 is 15.2 Å². The Bertz CT molecular complexity index is 856. The molecule has 11 heteroatoms. The quantitative estimate of drug-likeness (QED) is 0.783. The van der Waals surface area contributed by atoms with Crippen LogP contribution in [0.15, 0.2) is 30.6 Å². The molecule has 1 atom stereocenters. The minimum atomic E-state index is -4.78. The second-order valence-electron chi connectivity index (χ2n) is 5.45. The van der Waals surface area contributed by atoms with Gasteiger partial charge in [-0.25, -0.2) is 4.39 Å². The number of alkyl halides is 3. The van der Waals surface area contributed by atoms with Gasteiger partial charge in [0.15, 0.2) is 11.4 Å². The molecule has 0 saturated carbocycles. The summed E-state index contributed by atoms with van der Waals surface area (Å²) in [6, 6.07) is 4.04. The summed E-state index contributed by atoms with van der Waals surface area (Å²) >= 11 is 0. The molecule has 2 N–H and O–H groups in total. The molecule has 0 aliphatic heterocycles. The predicted molar refractivity (Wildman–Crippen MR) is 84.7 cm³/mol. The molecule has 7 nitrogen and oxygen atoms in total. The summed E-state index contributed by atoms with van der Waals surface area (Å²) in [5.41, 5.74) is -4.11. The highest BCUT2D eigenvalue weighted by molar-refractivity contribution is 5.96. The fraction of sp³-hybridized carbons (Fsp3) is 0.250. The summed E-state index contributed by atoms with van der Waals surface area (Å²) in [5.74, 6) is -1.68. The Labute approximate surface area is 150 Å². The first kappa shape index (κ1) is 21.8. The van der Waals surface area contributed by atoms with E-state index in [1.165, 1.54) is 6.07 Å². The highest BCUT2D eigenvalue weighted by Crippen LogP contribution is 2.33. The number of anilines is 1. The van der Waals surface area contributed by atoms with Gasteiger partial charge in [0.25, 0.3) is 5.91 Å². The summed E-state index contributed by atoms with van der Waals surface area (Å²) in [7, 11) is 0. The molecule has 1 aromatic heterocycles. The average molecular weight is 386 g/mol. The zero-order valence-corrected chi connectivity index (χ0v) is 13.9. The van der Waals surface area contributed by atoms with Crippen LogP contribution >= 0.6 is 0 Å². The van der Waals surface area contributed by atoms with Gasteiger partial charge in [-0.3, -0.25) is 9.48 Å². The number of halogens is 4. The third kappa shape index (κ3) is 5.61. The molecule has 2 aromatic rings. The second kappa shape index (κ2) is 8.41. The van der Waals surface area contributed by atoms with Gasteiger partial charge in [-0.15, -0.1) is 0 Å². The van der Waals surface area contributed by atoms with E-state index in [1.54, 1.807) is 0 Å². The van der Waals surface area contributed by atoms with Crippen LogP contribution in [-0.2, 0) is 22.3 Å².